The van der Waals surface area contributed by atoms with E-state index >= 15 is 0 Å². The lowest BCUT2D eigenvalue weighted by molar-refractivity contribution is -0.322. The van der Waals surface area contributed by atoms with Crippen LogP contribution in [0.15, 0.2) is 0 Å². The molecule has 0 bridgehead atoms. The van der Waals surface area contributed by atoms with Gasteiger partial charge in [-0.05, 0) is 0 Å². The smallest absolute Gasteiger partial charge is 0.460 e. The number of hydrogen-bond donors (Lipinski definition) is 0. The molecular formula is C7H8Cl2F4O3. The van der Waals surface area contributed by atoms with Gasteiger partial charge in [-0.2, -0.15) is 17.6 Å². The molecule has 0 rings (SSSR count). The fraction of sp³-hybridized carbons (Fsp3) is 0.857. The molecule has 0 aliphatic heterocycles. The van der Waals surface area contributed by atoms with Crippen molar-refractivity contribution in [3.05, 3.63) is 0 Å². The summed E-state index contributed by atoms with van der Waals surface area (Å²) in [7, 11) is 0. The molecule has 0 saturated heterocycles. The summed E-state index contributed by atoms with van der Waals surface area (Å²) in [5, 5.41) is 0. The second-order valence-corrected chi connectivity index (χ2v) is 3.21. The minimum absolute atomic E-state index is 0.255. The lowest BCUT2D eigenvalue weighted by Crippen LogP contribution is -2.51. The first kappa shape index (κ1) is 15.7. The molecule has 0 aromatic rings. The van der Waals surface area contributed by atoms with Crippen molar-refractivity contribution in [2.24, 2.45) is 0 Å². The Morgan fingerprint density at radius 1 is 1.06 bits per heavy atom. The molecule has 0 fully saturated rings. The Bertz CT molecular complexity index is 236. The maximum atomic E-state index is 13.3. The van der Waals surface area contributed by atoms with Crippen LogP contribution in [0.3, 0.4) is 0 Å². The summed E-state index contributed by atoms with van der Waals surface area (Å²) in [5.74, 6) is -7.35. The molecule has 0 aromatic carbocycles. The third kappa shape index (κ3) is 3.95. The first-order chi connectivity index (χ1) is 7.29. The van der Waals surface area contributed by atoms with Crippen molar-refractivity contribution in [1.82, 2.24) is 0 Å². The molecule has 96 valence electrons. The third-order valence-corrected chi connectivity index (χ3v) is 1.62. The summed E-state index contributed by atoms with van der Waals surface area (Å²) in [6.45, 7) is -1.33. The van der Waals surface area contributed by atoms with Crippen LogP contribution in [-0.2, 0) is 14.3 Å². The van der Waals surface area contributed by atoms with Crippen LogP contribution in [0, 0.1) is 0 Å². The van der Waals surface area contributed by atoms with Gasteiger partial charge in [-0.15, -0.1) is 23.2 Å². The average Bonchev–Trinajstić information content (AvgIpc) is 2.20. The van der Waals surface area contributed by atoms with E-state index in [4.69, 9.17) is 23.2 Å². The highest BCUT2D eigenvalue weighted by Gasteiger charge is 2.65. The van der Waals surface area contributed by atoms with E-state index in [0.29, 0.717) is 0 Å². The topological polar surface area (TPSA) is 35.5 Å². The number of carbonyl (C=O) groups is 1. The Balaban J connectivity index is 4.71. The summed E-state index contributed by atoms with van der Waals surface area (Å²) in [6, 6.07) is 0. The molecule has 0 N–H and O–H groups in total. The minimum Gasteiger partial charge on any atom is -0.460 e. The van der Waals surface area contributed by atoms with Gasteiger partial charge in [0.25, 0.3) is 0 Å². The molecular weight excluding hydrogens is 279 g/mol. The molecule has 1 unspecified atom stereocenters. The maximum absolute atomic E-state index is 13.3. The van der Waals surface area contributed by atoms with Gasteiger partial charge in [0.2, 0.25) is 0 Å². The largest absolute Gasteiger partial charge is 0.460 e. The second-order valence-electron chi connectivity index (χ2n) is 2.46. The molecule has 0 heterocycles. The van der Waals surface area contributed by atoms with Crippen molar-refractivity contribution in [3.8, 4) is 0 Å². The predicted molar refractivity (Wildman–Crippen MR) is 48.2 cm³/mol. The van der Waals surface area contributed by atoms with Crippen molar-refractivity contribution in [3.63, 3.8) is 0 Å². The van der Waals surface area contributed by atoms with Gasteiger partial charge >= 0.3 is 18.0 Å². The molecule has 9 heteroatoms. The Morgan fingerprint density at radius 2 is 1.56 bits per heavy atom. The van der Waals surface area contributed by atoms with Crippen molar-refractivity contribution < 1.29 is 31.8 Å². The van der Waals surface area contributed by atoms with Crippen LogP contribution in [0.25, 0.3) is 0 Å². The summed E-state index contributed by atoms with van der Waals surface area (Å²) in [4.78, 5) is 10.8. The molecule has 1 atom stereocenters. The van der Waals surface area contributed by atoms with E-state index in [1.54, 1.807) is 0 Å². The standard InChI is InChI=1S/C7H8Cl2F4O3/c8-1-3-15-5(14)6(10,7(11,12)13)16-4-2-9/h1-4H2. The average molecular weight is 287 g/mol. The van der Waals surface area contributed by atoms with E-state index in [1.165, 1.54) is 0 Å². The van der Waals surface area contributed by atoms with Gasteiger partial charge < -0.3 is 9.47 Å². The molecule has 0 aliphatic carbocycles. The molecule has 0 radical (unpaired) electrons. The Hall–Kier alpha value is -0.270. The molecule has 16 heavy (non-hydrogen) atoms. The van der Waals surface area contributed by atoms with Crippen LogP contribution in [0.1, 0.15) is 0 Å². The SMILES string of the molecule is O=C(OCCCl)C(F)(OCCCl)C(F)(F)F. The highest BCUT2D eigenvalue weighted by molar-refractivity contribution is 6.18. The highest BCUT2D eigenvalue weighted by atomic mass is 35.5. The van der Waals surface area contributed by atoms with Crippen molar-refractivity contribution >= 4 is 29.2 Å². The van der Waals surface area contributed by atoms with Crippen LogP contribution >= 0.6 is 23.2 Å². The van der Waals surface area contributed by atoms with Gasteiger partial charge in [-0.3, -0.25) is 0 Å². The second kappa shape index (κ2) is 6.46. The number of hydrogen-bond acceptors (Lipinski definition) is 3. The van der Waals surface area contributed by atoms with Gasteiger partial charge in [0.05, 0.1) is 12.5 Å². The van der Waals surface area contributed by atoms with Gasteiger partial charge in [-0.25, -0.2) is 4.79 Å². The molecule has 0 amide bonds. The summed E-state index contributed by atoms with van der Waals surface area (Å²) >= 11 is 10.1. The van der Waals surface area contributed by atoms with Crippen LogP contribution in [0.2, 0.25) is 0 Å². The summed E-state index contributed by atoms with van der Waals surface area (Å²) < 4.78 is 57.7. The number of carbonyl (C=O) groups excluding carboxylic acids is 1. The summed E-state index contributed by atoms with van der Waals surface area (Å²) in [6.07, 6.45) is -5.54. The van der Waals surface area contributed by atoms with Crippen LogP contribution in [0.5, 0.6) is 0 Å². The van der Waals surface area contributed by atoms with Crippen LogP contribution in [0.4, 0.5) is 17.6 Å². The van der Waals surface area contributed by atoms with E-state index in [1.807, 2.05) is 0 Å². The Morgan fingerprint density at radius 3 is 1.94 bits per heavy atom. The molecule has 0 spiro atoms. The zero-order valence-electron chi connectivity index (χ0n) is 7.82. The first-order valence-corrected chi connectivity index (χ1v) is 5.05. The van der Waals surface area contributed by atoms with Crippen LogP contribution in [-0.4, -0.2) is 43.0 Å². The Labute approximate surface area is 98.6 Å². The number of ether oxygens (including phenoxy) is 2. The molecule has 3 nitrogen and oxygen atoms in total. The number of alkyl halides is 6. The minimum atomic E-state index is -5.54. The normalized spacial score (nSPS) is 15.6. The maximum Gasteiger partial charge on any atom is 0.460 e. The van der Waals surface area contributed by atoms with E-state index in [0.717, 1.165) is 0 Å². The number of esters is 1. The van der Waals surface area contributed by atoms with Crippen LogP contribution < -0.4 is 0 Å². The van der Waals surface area contributed by atoms with Gasteiger partial charge in [0.1, 0.15) is 6.61 Å². The number of rotatable bonds is 6. The zero-order chi connectivity index (χ0) is 12.8. The fourth-order valence-corrected chi connectivity index (χ4v) is 0.814. The van der Waals surface area contributed by atoms with Gasteiger partial charge in [0, 0.05) is 5.88 Å². The zero-order valence-corrected chi connectivity index (χ0v) is 9.33. The quantitative estimate of drug-likeness (QED) is 0.427. The first-order valence-electron chi connectivity index (χ1n) is 3.98. The van der Waals surface area contributed by atoms with Gasteiger partial charge in [0.15, 0.2) is 0 Å². The third-order valence-electron chi connectivity index (χ3n) is 1.32. The summed E-state index contributed by atoms with van der Waals surface area (Å²) in [5.41, 5.74) is 0. The molecule has 0 aliphatic rings. The van der Waals surface area contributed by atoms with Crippen molar-refractivity contribution in [2.75, 3.05) is 25.0 Å². The monoisotopic (exact) mass is 286 g/mol. The molecule has 0 saturated carbocycles. The van der Waals surface area contributed by atoms with E-state index in [9.17, 15) is 22.4 Å². The van der Waals surface area contributed by atoms with Crippen molar-refractivity contribution in [2.45, 2.75) is 12.0 Å². The fourth-order valence-electron chi connectivity index (χ4n) is 0.660. The lowest BCUT2D eigenvalue weighted by Gasteiger charge is -2.25. The van der Waals surface area contributed by atoms with Crippen molar-refractivity contribution in [1.29, 1.82) is 0 Å². The molecule has 0 aromatic heterocycles. The van der Waals surface area contributed by atoms with E-state index < -0.39 is 37.1 Å². The van der Waals surface area contributed by atoms with Gasteiger partial charge in [-0.1, -0.05) is 0 Å². The van der Waals surface area contributed by atoms with E-state index in [-0.39, 0.29) is 5.88 Å². The lowest BCUT2D eigenvalue weighted by atomic mass is 10.3. The highest BCUT2D eigenvalue weighted by Crippen LogP contribution is 2.36. The van der Waals surface area contributed by atoms with E-state index in [2.05, 4.69) is 9.47 Å². The predicted octanol–water partition coefficient (Wildman–Crippen LogP) is 2.25. The number of halogens is 6. The Kier molecular flexibility index (Phi) is 6.35.